The zero-order valence-electron chi connectivity index (χ0n) is 14.9. The van der Waals surface area contributed by atoms with Gasteiger partial charge in [-0.05, 0) is 32.4 Å². The van der Waals surface area contributed by atoms with Gasteiger partial charge in [-0.15, -0.1) is 0 Å². The number of nitrogens with one attached hydrogen (secondary N) is 2. The van der Waals surface area contributed by atoms with Gasteiger partial charge in [0, 0.05) is 26.1 Å². The van der Waals surface area contributed by atoms with Crippen molar-refractivity contribution >= 4 is 17.8 Å². The van der Waals surface area contributed by atoms with Crippen molar-refractivity contribution in [3.63, 3.8) is 0 Å². The van der Waals surface area contributed by atoms with Crippen LogP contribution in [0.1, 0.15) is 52.4 Å². The molecule has 1 aliphatic heterocycles. The number of hydrogen-bond donors (Lipinski definition) is 2. The average Bonchev–Trinajstić information content (AvgIpc) is 3.12. The molecule has 2 rings (SSSR count). The predicted octanol–water partition coefficient (Wildman–Crippen LogP) is 1.09. The molecule has 1 spiro atoms. The van der Waals surface area contributed by atoms with Gasteiger partial charge in [0.15, 0.2) is 0 Å². The molecular formula is C17H30N4O3. The lowest BCUT2D eigenvalue weighted by atomic mass is 9.98. The lowest BCUT2D eigenvalue weighted by Gasteiger charge is -2.20. The van der Waals surface area contributed by atoms with Gasteiger partial charge in [-0.1, -0.05) is 26.7 Å². The number of rotatable bonds is 9. The molecular weight excluding hydrogens is 308 g/mol. The van der Waals surface area contributed by atoms with Gasteiger partial charge in [-0.3, -0.25) is 14.5 Å². The third kappa shape index (κ3) is 4.26. The van der Waals surface area contributed by atoms with E-state index in [0.717, 1.165) is 45.3 Å². The summed E-state index contributed by atoms with van der Waals surface area (Å²) < 4.78 is 0. The molecule has 0 atom stereocenters. The molecule has 2 aliphatic rings. The maximum absolute atomic E-state index is 12.5. The van der Waals surface area contributed by atoms with Gasteiger partial charge in [-0.2, -0.15) is 0 Å². The van der Waals surface area contributed by atoms with Crippen molar-refractivity contribution in [2.75, 3.05) is 32.7 Å². The van der Waals surface area contributed by atoms with Crippen LogP contribution in [-0.4, -0.2) is 65.9 Å². The Balaban J connectivity index is 1.67. The highest BCUT2D eigenvalue weighted by atomic mass is 16.2. The summed E-state index contributed by atoms with van der Waals surface area (Å²) in [5, 5.41) is 5.75. The first-order valence-corrected chi connectivity index (χ1v) is 9.15. The van der Waals surface area contributed by atoms with Gasteiger partial charge in [0.1, 0.15) is 5.54 Å². The molecule has 0 unspecified atom stereocenters. The first kappa shape index (κ1) is 18.7. The molecule has 1 heterocycles. The van der Waals surface area contributed by atoms with E-state index in [1.807, 2.05) is 0 Å². The van der Waals surface area contributed by atoms with Crippen molar-refractivity contribution in [1.82, 2.24) is 20.4 Å². The minimum atomic E-state index is -0.650. The quantitative estimate of drug-likeness (QED) is 0.617. The maximum Gasteiger partial charge on any atom is 0.325 e. The Hall–Kier alpha value is -1.63. The van der Waals surface area contributed by atoms with E-state index >= 15 is 0 Å². The Bertz CT molecular complexity index is 470. The first-order valence-electron chi connectivity index (χ1n) is 9.15. The summed E-state index contributed by atoms with van der Waals surface area (Å²) in [5.74, 6) is -0.128. The van der Waals surface area contributed by atoms with E-state index in [-0.39, 0.29) is 17.8 Å². The van der Waals surface area contributed by atoms with E-state index in [4.69, 9.17) is 0 Å². The topological polar surface area (TPSA) is 81.8 Å². The monoisotopic (exact) mass is 338 g/mol. The van der Waals surface area contributed by atoms with E-state index in [9.17, 15) is 14.4 Å². The summed E-state index contributed by atoms with van der Waals surface area (Å²) in [6.45, 7) is 7.93. The number of carbonyl (C=O) groups is 3. The summed E-state index contributed by atoms with van der Waals surface area (Å²) in [7, 11) is 0. The number of carbonyl (C=O) groups excluding carboxylic acids is 3. The Morgan fingerprint density at radius 1 is 1.25 bits per heavy atom. The molecule has 0 bridgehead atoms. The molecule has 7 nitrogen and oxygen atoms in total. The van der Waals surface area contributed by atoms with Crippen LogP contribution in [0, 0.1) is 0 Å². The molecule has 0 aromatic rings. The number of likely N-dealkylation sites (N-methyl/N-ethyl adjacent to an activating group) is 1. The normalized spacial score (nSPS) is 19.4. The minimum Gasteiger partial charge on any atom is -0.355 e. The number of amides is 4. The first-order chi connectivity index (χ1) is 11.5. The second-order valence-corrected chi connectivity index (χ2v) is 6.66. The highest BCUT2D eigenvalue weighted by molar-refractivity contribution is 6.07. The second-order valence-electron chi connectivity index (χ2n) is 6.66. The van der Waals surface area contributed by atoms with Crippen LogP contribution in [0.2, 0.25) is 0 Å². The average molecular weight is 338 g/mol. The molecule has 0 aromatic heterocycles. The molecule has 1 saturated heterocycles. The van der Waals surface area contributed by atoms with Crippen LogP contribution in [-0.2, 0) is 9.59 Å². The molecule has 7 heteroatoms. The summed E-state index contributed by atoms with van der Waals surface area (Å²) in [6, 6.07) is -0.302. The Labute approximate surface area is 144 Å². The van der Waals surface area contributed by atoms with Crippen molar-refractivity contribution in [3.05, 3.63) is 0 Å². The number of nitrogens with zero attached hydrogens (tertiary/aromatic N) is 2. The lowest BCUT2D eigenvalue weighted by molar-refractivity contribution is -0.131. The Morgan fingerprint density at radius 3 is 2.54 bits per heavy atom. The molecule has 136 valence electrons. The molecule has 1 aliphatic carbocycles. The SMILES string of the molecule is CCN(CC)CCNC(=O)CCCN1C(=O)NC2(CCCC2)C1=O. The smallest absolute Gasteiger partial charge is 0.325 e. The Kier molecular flexibility index (Phi) is 6.60. The van der Waals surface area contributed by atoms with Crippen LogP contribution in [0.4, 0.5) is 4.79 Å². The molecule has 24 heavy (non-hydrogen) atoms. The Morgan fingerprint density at radius 2 is 1.92 bits per heavy atom. The lowest BCUT2D eigenvalue weighted by Crippen LogP contribution is -2.44. The van der Waals surface area contributed by atoms with Gasteiger partial charge in [-0.25, -0.2) is 4.79 Å². The zero-order valence-corrected chi connectivity index (χ0v) is 14.9. The van der Waals surface area contributed by atoms with Gasteiger partial charge in [0.2, 0.25) is 5.91 Å². The molecule has 2 N–H and O–H groups in total. The van der Waals surface area contributed by atoms with Gasteiger partial charge in [0.05, 0.1) is 0 Å². The number of imide groups is 1. The third-order valence-corrected chi connectivity index (χ3v) is 5.13. The summed E-state index contributed by atoms with van der Waals surface area (Å²) in [6.07, 6.45) is 4.28. The van der Waals surface area contributed by atoms with Crippen LogP contribution >= 0.6 is 0 Å². The van der Waals surface area contributed by atoms with Crippen molar-refractivity contribution in [2.24, 2.45) is 0 Å². The highest BCUT2D eigenvalue weighted by Crippen LogP contribution is 2.35. The zero-order chi connectivity index (χ0) is 17.6. The molecule has 0 radical (unpaired) electrons. The van der Waals surface area contributed by atoms with Crippen LogP contribution in [0.3, 0.4) is 0 Å². The molecule has 2 fully saturated rings. The van der Waals surface area contributed by atoms with E-state index in [1.165, 1.54) is 4.90 Å². The van der Waals surface area contributed by atoms with Crippen LogP contribution in [0.15, 0.2) is 0 Å². The fourth-order valence-electron chi connectivity index (χ4n) is 3.58. The number of urea groups is 1. The predicted molar refractivity (Wildman–Crippen MR) is 91.5 cm³/mol. The van der Waals surface area contributed by atoms with Crippen molar-refractivity contribution in [2.45, 2.75) is 57.9 Å². The van der Waals surface area contributed by atoms with Crippen LogP contribution < -0.4 is 10.6 Å². The van der Waals surface area contributed by atoms with E-state index < -0.39 is 5.54 Å². The van der Waals surface area contributed by atoms with Crippen molar-refractivity contribution in [3.8, 4) is 0 Å². The summed E-state index contributed by atoms with van der Waals surface area (Å²) in [5.41, 5.74) is -0.650. The number of hydrogen-bond acceptors (Lipinski definition) is 4. The van der Waals surface area contributed by atoms with Crippen molar-refractivity contribution < 1.29 is 14.4 Å². The minimum absolute atomic E-state index is 0.0233. The van der Waals surface area contributed by atoms with Crippen LogP contribution in [0.5, 0.6) is 0 Å². The van der Waals surface area contributed by atoms with Gasteiger partial charge < -0.3 is 15.5 Å². The fourth-order valence-corrected chi connectivity index (χ4v) is 3.58. The molecule has 4 amide bonds. The molecule has 0 aromatic carbocycles. The van der Waals surface area contributed by atoms with E-state index in [1.54, 1.807) is 0 Å². The van der Waals surface area contributed by atoms with E-state index in [0.29, 0.717) is 25.9 Å². The van der Waals surface area contributed by atoms with Crippen LogP contribution in [0.25, 0.3) is 0 Å². The van der Waals surface area contributed by atoms with Gasteiger partial charge in [0.25, 0.3) is 5.91 Å². The third-order valence-electron chi connectivity index (χ3n) is 5.13. The van der Waals surface area contributed by atoms with Gasteiger partial charge >= 0.3 is 6.03 Å². The molecule has 1 saturated carbocycles. The van der Waals surface area contributed by atoms with Crippen molar-refractivity contribution in [1.29, 1.82) is 0 Å². The maximum atomic E-state index is 12.5. The van der Waals surface area contributed by atoms with E-state index in [2.05, 4.69) is 29.4 Å². The standard InChI is InChI=1S/C17H30N4O3/c1-3-20(4-2)13-11-18-14(22)8-7-12-21-15(23)17(19-16(21)24)9-5-6-10-17/h3-13H2,1-2H3,(H,18,22)(H,19,24). The summed E-state index contributed by atoms with van der Waals surface area (Å²) in [4.78, 5) is 39.9. The summed E-state index contributed by atoms with van der Waals surface area (Å²) >= 11 is 0. The second kappa shape index (κ2) is 8.46. The highest BCUT2D eigenvalue weighted by Gasteiger charge is 2.51. The largest absolute Gasteiger partial charge is 0.355 e. The fraction of sp³-hybridized carbons (Fsp3) is 0.824.